The average Bonchev–Trinajstić information content (AvgIpc) is 2.26. The van der Waals surface area contributed by atoms with Gasteiger partial charge < -0.3 is 16.0 Å². The first-order valence-electron chi connectivity index (χ1n) is 6.40. The predicted molar refractivity (Wildman–Crippen MR) is 75.9 cm³/mol. The van der Waals surface area contributed by atoms with Gasteiger partial charge in [0.2, 0.25) is 5.91 Å². The number of nitrogens with one attached hydrogen (secondary N) is 1. The fourth-order valence-electron chi connectivity index (χ4n) is 2.41. The Morgan fingerprint density at radius 3 is 2.78 bits per heavy atom. The van der Waals surface area contributed by atoms with Gasteiger partial charge in [-0.1, -0.05) is 13.8 Å². The molecule has 98 valence electrons. The maximum Gasteiger partial charge on any atom is 0.224 e. The van der Waals surface area contributed by atoms with Crippen LogP contribution in [0, 0.1) is 5.92 Å². The predicted octanol–water partition coefficient (Wildman–Crippen LogP) is 2.25. The fraction of sp³-hybridized carbons (Fsp3) is 0.500. The standard InChI is InChI=1S/C14H21N3O/c1-9(2)8-17(3)13-6-10-4-5-14(18)16-12(10)7-11(13)15/h6-7,9H,4-5,8,15H2,1-3H3,(H,16,18). The molecule has 0 aliphatic carbocycles. The summed E-state index contributed by atoms with van der Waals surface area (Å²) in [6.07, 6.45) is 1.36. The number of aryl methyl sites for hydroxylation is 1. The van der Waals surface area contributed by atoms with Crippen LogP contribution < -0.4 is 16.0 Å². The monoisotopic (exact) mass is 247 g/mol. The lowest BCUT2D eigenvalue weighted by molar-refractivity contribution is -0.116. The van der Waals surface area contributed by atoms with Crippen LogP contribution >= 0.6 is 0 Å². The largest absolute Gasteiger partial charge is 0.397 e. The highest BCUT2D eigenvalue weighted by Crippen LogP contribution is 2.32. The van der Waals surface area contributed by atoms with Gasteiger partial charge in [-0.2, -0.15) is 0 Å². The van der Waals surface area contributed by atoms with Crippen molar-refractivity contribution in [3.63, 3.8) is 0 Å². The molecule has 0 fully saturated rings. The number of nitrogen functional groups attached to an aromatic ring is 1. The number of nitrogens with two attached hydrogens (primary N) is 1. The van der Waals surface area contributed by atoms with Gasteiger partial charge in [0.05, 0.1) is 11.4 Å². The zero-order chi connectivity index (χ0) is 13.3. The van der Waals surface area contributed by atoms with Gasteiger partial charge in [0, 0.05) is 25.7 Å². The quantitative estimate of drug-likeness (QED) is 0.805. The number of benzene rings is 1. The molecule has 4 nitrogen and oxygen atoms in total. The van der Waals surface area contributed by atoms with Crippen LogP contribution in [0.15, 0.2) is 12.1 Å². The van der Waals surface area contributed by atoms with Gasteiger partial charge in [0.15, 0.2) is 0 Å². The number of carbonyl (C=O) groups is 1. The molecule has 0 aromatic heterocycles. The zero-order valence-electron chi connectivity index (χ0n) is 11.3. The Hall–Kier alpha value is -1.71. The second kappa shape index (κ2) is 4.88. The van der Waals surface area contributed by atoms with Crippen LogP contribution in [0.5, 0.6) is 0 Å². The molecule has 0 saturated heterocycles. The van der Waals surface area contributed by atoms with Crippen LogP contribution in [0.25, 0.3) is 0 Å². The molecule has 4 heteroatoms. The highest BCUT2D eigenvalue weighted by Gasteiger charge is 2.18. The highest BCUT2D eigenvalue weighted by atomic mass is 16.1. The molecule has 0 bridgehead atoms. The lowest BCUT2D eigenvalue weighted by Crippen LogP contribution is -2.25. The van der Waals surface area contributed by atoms with Crippen LogP contribution in [0.1, 0.15) is 25.8 Å². The van der Waals surface area contributed by atoms with E-state index in [1.54, 1.807) is 0 Å². The van der Waals surface area contributed by atoms with Crippen molar-refractivity contribution in [2.45, 2.75) is 26.7 Å². The summed E-state index contributed by atoms with van der Waals surface area (Å²) in [4.78, 5) is 13.5. The van der Waals surface area contributed by atoms with E-state index < -0.39 is 0 Å². The molecule has 2 rings (SSSR count). The topological polar surface area (TPSA) is 58.4 Å². The van der Waals surface area contributed by atoms with Gasteiger partial charge in [-0.25, -0.2) is 0 Å². The molecular weight excluding hydrogens is 226 g/mol. The minimum atomic E-state index is 0.0742. The zero-order valence-corrected chi connectivity index (χ0v) is 11.3. The average molecular weight is 247 g/mol. The summed E-state index contributed by atoms with van der Waals surface area (Å²) in [6.45, 7) is 5.34. The number of nitrogens with zero attached hydrogens (tertiary/aromatic N) is 1. The van der Waals surface area contributed by atoms with Crippen molar-refractivity contribution in [1.82, 2.24) is 0 Å². The molecule has 0 saturated carbocycles. The maximum atomic E-state index is 11.3. The lowest BCUT2D eigenvalue weighted by atomic mass is 10.0. The highest BCUT2D eigenvalue weighted by molar-refractivity contribution is 5.95. The van der Waals surface area contributed by atoms with Crippen molar-refractivity contribution >= 4 is 23.0 Å². The van der Waals surface area contributed by atoms with E-state index in [0.717, 1.165) is 30.0 Å². The molecule has 0 spiro atoms. The molecule has 1 aliphatic heterocycles. The van der Waals surface area contributed by atoms with Gasteiger partial charge in [0.1, 0.15) is 0 Å². The van der Waals surface area contributed by atoms with Gasteiger partial charge in [0.25, 0.3) is 0 Å². The number of rotatable bonds is 3. The molecule has 0 unspecified atom stereocenters. The van der Waals surface area contributed by atoms with Gasteiger partial charge in [-0.05, 0) is 30.0 Å². The molecule has 1 aromatic rings. The Morgan fingerprint density at radius 2 is 2.11 bits per heavy atom. The maximum absolute atomic E-state index is 11.3. The Morgan fingerprint density at radius 1 is 1.39 bits per heavy atom. The third kappa shape index (κ3) is 2.58. The van der Waals surface area contributed by atoms with Crippen LogP contribution in [-0.4, -0.2) is 19.5 Å². The van der Waals surface area contributed by atoms with Crippen LogP contribution in [-0.2, 0) is 11.2 Å². The van der Waals surface area contributed by atoms with E-state index in [4.69, 9.17) is 5.73 Å². The number of fused-ring (bicyclic) bond motifs is 1. The molecule has 1 amide bonds. The SMILES string of the molecule is CC(C)CN(C)c1cc2c(cc1N)NC(=O)CC2. The van der Waals surface area contributed by atoms with Crippen molar-refractivity contribution in [3.05, 3.63) is 17.7 Å². The van der Waals surface area contributed by atoms with Crippen LogP contribution in [0.2, 0.25) is 0 Å². The summed E-state index contributed by atoms with van der Waals surface area (Å²) >= 11 is 0. The normalized spacial score (nSPS) is 14.3. The number of hydrogen-bond donors (Lipinski definition) is 2. The third-order valence-electron chi connectivity index (χ3n) is 3.20. The summed E-state index contributed by atoms with van der Waals surface area (Å²) in [5.74, 6) is 0.662. The molecule has 1 aromatic carbocycles. The third-order valence-corrected chi connectivity index (χ3v) is 3.20. The minimum Gasteiger partial charge on any atom is -0.397 e. The van der Waals surface area contributed by atoms with Gasteiger partial charge >= 0.3 is 0 Å². The Labute approximate surface area is 108 Å². The Bertz CT molecular complexity index is 468. The van der Waals surface area contributed by atoms with Crippen molar-refractivity contribution in [1.29, 1.82) is 0 Å². The first-order valence-corrected chi connectivity index (χ1v) is 6.40. The molecule has 3 N–H and O–H groups in total. The molecule has 1 heterocycles. The van der Waals surface area contributed by atoms with E-state index in [9.17, 15) is 4.79 Å². The van der Waals surface area contributed by atoms with Gasteiger partial charge in [-0.3, -0.25) is 4.79 Å². The first kappa shape index (κ1) is 12.7. The molecule has 0 radical (unpaired) electrons. The Balaban J connectivity index is 2.30. The molecule has 1 aliphatic rings. The second-order valence-corrected chi connectivity index (χ2v) is 5.39. The molecule has 0 atom stereocenters. The van der Waals surface area contributed by atoms with E-state index in [-0.39, 0.29) is 5.91 Å². The summed E-state index contributed by atoms with van der Waals surface area (Å²) < 4.78 is 0. The van der Waals surface area contributed by atoms with E-state index >= 15 is 0 Å². The van der Waals surface area contributed by atoms with Crippen molar-refractivity contribution in [3.8, 4) is 0 Å². The summed E-state index contributed by atoms with van der Waals surface area (Å²) in [7, 11) is 2.06. The van der Waals surface area contributed by atoms with E-state index in [0.29, 0.717) is 12.3 Å². The number of anilines is 3. The second-order valence-electron chi connectivity index (χ2n) is 5.39. The molecule has 18 heavy (non-hydrogen) atoms. The summed E-state index contributed by atoms with van der Waals surface area (Å²) in [5, 5.41) is 2.87. The van der Waals surface area contributed by atoms with Crippen molar-refractivity contribution < 1.29 is 4.79 Å². The Kier molecular flexibility index (Phi) is 3.45. The van der Waals surface area contributed by atoms with Crippen LogP contribution in [0.4, 0.5) is 17.1 Å². The van der Waals surface area contributed by atoms with Gasteiger partial charge in [-0.15, -0.1) is 0 Å². The molecular formula is C14H21N3O. The number of hydrogen-bond acceptors (Lipinski definition) is 3. The fourth-order valence-corrected chi connectivity index (χ4v) is 2.41. The van der Waals surface area contributed by atoms with Crippen LogP contribution in [0.3, 0.4) is 0 Å². The van der Waals surface area contributed by atoms with E-state index in [1.165, 1.54) is 5.56 Å². The first-order chi connectivity index (χ1) is 8.47. The minimum absolute atomic E-state index is 0.0742. The van der Waals surface area contributed by atoms with Crippen molar-refractivity contribution in [2.24, 2.45) is 5.92 Å². The summed E-state index contributed by atoms with van der Waals surface area (Å²) in [6, 6.07) is 3.98. The smallest absolute Gasteiger partial charge is 0.224 e. The number of carbonyl (C=O) groups excluding carboxylic acids is 1. The lowest BCUT2D eigenvalue weighted by Gasteiger charge is -2.26. The number of amides is 1. The van der Waals surface area contributed by atoms with Crippen molar-refractivity contribution in [2.75, 3.05) is 29.5 Å². The van der Waals surface area contributed by atoms with E-state index in [2.05, 4.69) is 37.2 Å². The summed E-state index contributed by atoms with van der Waals surface area (Å²) in [5.41, 5.74) is 9.89. The van der Waals surface area contributed by atoms with E-state index in [1.807, 2.05) is 6.07 Å².